The summed E-state index contributed by atoms with van der Waals surface area (Å²) in [6.45, 7) is 2.41. The second kappa shape index (κ2) is 6.83. The predicted octanol–water partition coefficient (Wildman–Crippen LogP) is 5.54. The number of carboxylic acids is 1. The molecule has 1 aromatic heterocycles. The first-order valence-corrected chi connectivity index (χ1v) is 11.5. The van der Waals surface area contributed by atoms with Gasteiger partial charge < -0.3 is 10.1 Å². The standard InChI is InChI=1S/C27H28N2O2/c1-17-16-22-21-4-2-3-5-23(21)28-25(22)26(29(17)27-14-12-20(27)13-15-27)19-9-6-18(7-10-19)8-11-24(30)31/h2-11,17,20,26,28H,12-16H2,1H3,(H,30,31)/b11-8+. The molecule has 4 heteroatoms. The first-order valence-electron chi connectivity index (χ1n) is 11.5. The topological polar surface area (TPSA) is 56.3 Å². The van der Waals surface area contributed by atoms with Gasteiger partial charge in [0.05, 0.1) is 6.04 Å². The van der Waals surface area contributed by atoms with Crippen molar-refractivity contribution in [1.82, 2.24) is 9.88 Å². The fourth-order valence-electron chi connectivity index (χ4n) is 6.54. The van der Waals surface area contributed by atoms with Crippen LogP contribution in [0.25, 0.3) is 17.0 Å². The summed E-state index contributed by atoms with van der Waals surface area (Å²) >= 11 is 0. The van der Waals surface area contributed by atoms with Crippen LogP contribution in [0.2, 0.25) is 0 Å². The highest BCUT2D eigenvalue weighted by Crippen LogP contribution is 2.61. The van der Waals surface area contributed by atoms with Crippen LogP contribution in [0.15, 0.2) is 54.6 Å². The van der Waals surface area contributed by atoms with Crippen molar-refractivity contribution in [2.24, 2.45) is 5.92 Å². The van der Waals surface area contributed by atoms with Gasteiger partial charge in [0.25, 0.3) is 0 Å². The molecule has 1 aliphatic heterocycles. The van der Waals surface area contributed by atoms with Crippen molar-refractivity contribution >= 4 is 22.9 Å². The van der Waals surface area contributed by atoms with Crippen LogP contribution in [-0.4, -0.2) is 32.5 Å². The van der Waals surface area contributed by atoms with E-state index in [1.165, 1.54) is 59.5 Å². The number of fused-ring (bicyclic) bond motifs is 4. The largest absolute Gasteiger partial charge is 0.478 e. The second-order valence-corrected chi connectivity index (χ2v) is 9.64. The monoisotopic (exact) mass is 412 g/mol. The highest BCUT2D eigenvalue weighted by atomic mass is 16.4. The molecule has 3 aliphatic rings. The Hall–Kier alpha value is -2.85. The lowest BCUT2D eigenvalue weighted by molar-refractivity contribution is -0.153. The van der Waals surface area contributed by atoms with Crippen LogP contribution in [0, 0.1) is 5.92 Å². The Balaban J connectivity index is 1.48. The number of aliphatic carboxylic acids is 1. The molecule has 31 heavy (non-hydrogen) atoms. The van der Waals surface area contributed by atoms with E-state index < -0.39 is 5.97 Å². The van der Waals surface area contributed by atoms with Crippen LogP contribution in [0.1, 0.15) is 61.0 Å². The third-order valence-electron chi connectivity index (χ3n) is 8.17. The van der Waals surface area contributed by atoms with E-state index in [4.69, 9.17) is 5.11 Å². The zero-order valence-corrected chi connectivity index (χ0v) is 17.8. The number of para-hydroxylation sites is 1. The van der Waals surface area contributed by atoms with Gasteiger partial charge in [0.2, 0.25) is 0 Å². The normalized spacial score (nSPS) is 29.9. The molecule has 0 radical (unpaired) electrons. The Morgan fingerprint density at radius 1 is 1.13 bits per heavy atom. The number of carbonyl (C=O) groups is 1. The average molecular weight is 413 g/mol. The van der Waals surface area contributed by atoms with Gasteiger partial charge in [-0.25, -0.2) is 4.79 Å². The summed E-state index contributed by atoms with van der Waals surface area (Å²) in [6.07, 6.45) is 9.31. The van der Waals surface area contributed by atoms with E-state index in [-0.39, 0.29) is 6.04 Å². The molecule has 2 saturated carbocycles. The Morgan fingerprint density at radius 2 is 1.87 bits per heavy atom. The number of benzene rings is 2. The third-order valence-corrected chi connectivity index (χ3v) is 8.17. The van der Waals surface area contributed by atoms with Gasteiger partial charge in [-0.15, -0.1) is 0 Å². The minimum atomic E-state index is -0.917. The van der Waals surface area contributed by atoms with Gasteiger partial charge in [0.1, 0.15) is 0 Å². The van der Waals surface area contributed by atoms with Crippen LogP contribution < -0.4 is 0 Å². The Kier molecular flexibility index (Phi) is 4.16. The number of nitrogens with zero attached hydrogens (tertiary/aromatic N) is 1. The lowest BCUT2D eigenvalue weighted by Gasteiger charge is -2.67. The van der Waals surface area contributed by atoms with E-state index in [0.717, 1.165) is 17.9 Å². The lowest BCUT2D eigenvalue weighted by Crippen LogP contribution is -2.69. The summed E-state index contributed by atoms with van der Waals surface area (Å²) in [5, 5.41) is 10.3. The zero-order valence-electron chi connectivity index (χ0n) is 17.8. The molecule has 2 unspecified atom stereocenters. The number of hydrogen-bond donors (Lipinski definition) is 2. The molecule has 2 atom stereocenters. The summed E-state index contributed by atoms with van der Waals surface area (Å²) in [5.74, 6) is -0.0691. The molecule has 2 aromatic carbocycles. The molecule has 0 saturated heterocycles. The van der Waals surface area contributed by atoms with Crippen LogP contribution >= 0.6 is 0 Å². The van der Waals surface area contributed by atoms with Gasteiger partial charge in [-0.2, -0.15) is 0 Å². The maximum atomic E-state index is 10.9. The molecule has 6 rings (SSSR count). The average Bonchev–Trinajstić information content (AvgIpc) is 3.13. The SMILES string of the molecule is CC1Cc2c([nH]c3ccccc23)C(c2ccc(/C=C/C(=O)O)cc2)N1C12CCC1CC2. The predicted molar refractivity (Wildman–Crippen MR) is 123 cm³/mol. The maximum absolute atomic E-state index is 10.9. The van der Waals surface area contributed by atoms with E-state index in [1.807, 2.05) is 12.1 Å². The fourth-order valence-corrected chi connectivity index (χ4v) is 6.54. The molecule has 158 valence electrons. The summed E-state index contributed by atoms with van der Waals surface area (Å²) in [6, 6.07) is 17.9. The van der Waals surface area contributed by atoms with Crippen LogP contribution in [0.3, 0.4) is 0 Å². The Labute approximate surface area is 182 Å². The smallest absolute Gasteiger partial charge is 0.328 e. The number of nitrogens with one attached hydrogen (secondary N) is 1. The molecule has 0 amide bonds. The van der Waals surface area contributed by atoms with Gasteiger partial charge in [-0.05, 0) is 73.8 Å². The summed E-state index contributed by atoms with van der Waals surface area (Å²) in [7, 11) is 0. The van der Waals surface area contributed by atoms with E-state index in [2.05, 4.69) is 53.2 Å². The van der Waals surface area contributed by atoms with E-state index >= 15 is 0 Å². The molecule has 0 spiro atoms. The van der Waals surface area contributed by atoms with Crippen molar-refractivity contribution in [1.29, 1.82) is 0 Å². The van der Waals surface area contributed by atoms with Gasteiger partial charge in [0, 0.05) is 34.3 Å². The molecular weight excluding hydrogens is 384 g/mol. The van der Waals surface area contributed by atoms with Crippen molar-refractivity contribution in [3.63, 3.8) is 0 Å². The Bertz CT molecular complexity index is 1180. The fraction of sp³-hybridized carbons (Fsp3) is 0.370. The van der Waals surface area contributed by atoms with Gasteiger partial charge in [0.15, 0.2) is 0 Å². The van der Waals surface area contributed by atoms with E-state index in [0.29, 0.717) is 11.6 Å². The molecule has 4 nitrogen and oxygen atoms in total. The molecule has 3 aromatic rings. The molecule has 2 aliphatic carbocycles. The molecule has 2 fully saturated rings. The summed E-state index contributed by atoms with van der Waals surface area (Å²) < 4.78 is 0. The summed E-state index contributed by atoms with van der Waals surface area (Å²) in [4.78, 5) is 17.5. The van der Waals surface area contributed by atoms with Crippen LogP contribution in [0.5, 0.6) is 0 Å². The van der Waals surface area contributed by atoms with Gasteiger partial charge >= 0.3 is 5.97 Å². The molecule has 0 bridgehead atoms. The van der Waals surface area contributed by atoms with Crippen molar-refractivity contribution in [2.75, 3.05) is 0 Å². The lowest BCUT2D eigenvalue weighted by atomic mass is 9.51. The maximum Gasteiger partial charge on any atom is 0.328 e. The molecule has 2 heterocycles. The number of aromatic amines is 1. The highest BCUT2D eigenvalue weighted by Gasteiger charge is 2.60. The minimum Gasteiger partial charge on any atom is -0.478 e. The first kappa shape index (κ1) is 18.9. The van der Waals surface area contributed by atoms with Gasteiger partial charge in [-0.1, -0.05) is 42.5 Å². The molecular formula is C27H28N2O2. The third kappa shape index (κ3) is 2.74. The van der Waals surface area contributed by atoms with Crippen molar-refractivity contribution in [3.05, 3.63) is 77.0 Å². The molecule has 2 N–H and O–H groups in total. The van der Waals surface area contributed by atoms with Crippen molar-refractivity contribution in [3.8, 4) is 0 Å². The highest BCUT2D eigenvalue weighted by molar-refractivity contribution is 5.86. The number of aromatic nitrogens is 1. The number of carboxylic acid groups (broad SMARTS) is 1. The zero-order chi connectivity index (χ0) is 21.2. The van der Waals surface area contributed by atoms with E-state index in [9.17, 15) is 4.79 Å². The second-order valence-electron chi connectivity index (χ2n) is 9.64. The number of H-pyrrole nitrogens is 1. The van der Waals surface area contributed by atoms with Crippen molar-refractivity contribution in [2.45, 2.75) is 56.7 Å². The van der Waals surface area contributed by atoms with Crippen LogP contribution in [0.4, 0.5) is 0 Å². The Morgan fingerprint density at radius 3 is 2.52 bits per heavy atom. The van der Waals surface area contributed by atoms with Crippen molar-refractivity contribution < 1.29 is 9.90 Å². The summed E-state index contributed by atoms with van der Waals surface area (Å²) in [5.41, 5.74) is 6.61. The van der Waals surface area contributed by atoms with E-state index in [1.54, 1.807) is 6.08 Å². The minimum absolute atomic E-state index is 0.215. The van der Waals surface area contributed by atoms with Crippen LogP contribution in [-0.2, 0) is 11.2 Å². The number of hydrogen-bond acceptors (Lipinski definition) is 2. The first-order chi connectivity index (χ1) is 15.1. The quantitative estimate of drug-likeness (QED) is 0.553. The number of rotatable bonds is 4. The van der Waals surface area contributed by atoms with Gasteiger partial charge in [-0.3, -0.25) is 4.90 Å².